The van der Waals surface area contributed by atoms with Gasteiger partial charge in [0.2, 0.25) is 5.91 Å². The third kappa shape index (κ3) is 4.43. The molecule has 2 rings (SSSR count). The van der Waals surface area contributed by atoms with Crippen LogP contribution in [0.3, 0.4) is 0 Å². The molecule has 0 spiro atoms. The quantitative estimate of drug-likeness (QED) is 0.740. The van der Waals surface area contributed by atoms with Crippen molar-refractivity contribution in [1.82, 2.24) is 9.80 Å². The Kier molecular flexibility index (Phi) is 6.03. The normalized spacial score (nSPS) is 22.9. The molecule has 1 aliphatic carbocycles. The molecule has 120 valence electrons. The zero-order valence-corrected chi connectivity index (χ0v) is 13.3. The fraction of sp³-hybridized carbons (Fsp3) is 0.875. The molecule has 1 atom stereocenters. The minimum atomic E-state index is -0.217. The van der Waals surface area contributed by atoms with E-state index in [2.05, 4.69) is 4.90 Å². The van der Waals surface area contributed by atoms with E-state index in [-0.39, 0.29) is 12.0 Å². The van der Waals surface area contributed by atoms with Crippen LogP contribution in [0.15, 0.2) is 0 Å². The average Bonchev–Trinajstić information content (AvgIpc) is 2.54. The van der Waals surface area contributed by atoms with Gasteiger partial charge in [-0.25, -0.2) is 0 Å². The first-order chi connectivity index (χ1) is 10.1. The SMILES string of the molecule is COC(=O)C(C)N1CCN(C(=O)CC2CCCCC2)CC1. The first-order valence-electron chi connectivity index (χ1n) is 8.21. The Bertz CT molecular complexity index is 359. The lowest BCUT2D eigenvalue weighted by atomic mass is 9.86. The van der Waals surface area contributed by atoms with Crippen molar-refractivity contribution in [1.29, 1.82) is 0 Å². The standard InChI is InChI=1S/C16H28N2O3/c1-13(16(20)21-2)17-8-10-18(11-9-17)15(19)12-14-6-4-3-5-7-14/h13-14H,3-12H2,1-2H3. The Balaban J connectivity index is 1.75. The number of esters is 1. The molecule has 0 aromatic rings. The van der Waals surface area contributed by atoms with Gasteiger partial charge in [-0.05, 0) is 25.7 Å². The summed E-state index contributed by atoms with van der Waals surface area (Å²) in [5.41, 5.74) is 0. The van der Waals surface area contributed by atoms with Crippen LogP contribution in [0.4, 0.5) is 0 Å². The smallest absolute Gasteiger partial charge is 0.322 e. The summed E-state index contributed by atoms with van der Waals surface area (Å²) in [6.07, 6.45) is 7.03. The number of rotatable bonds is 4. The summed E-state index contributed by atoms with van der Waals surface area (Å²) in [6, 6.07) is -0.217. The Labute approximate surface area is 127 Å². The Hall–Kier alpha value is -1.10. The zero-order valence-electron chi connectivity index (χ0n) is 13.3. The van der Waals surface area contributed by atoms with E-state index in [1.54, 1.807) is 0 Å². The molecule has 0 N–H and O–H groups in total. The molecule has 1 saturated heterocycles. The summed E-state index contributed by atoms with van der Waals surface area (Å²) in [7, 11) is 1.42. The highest BCUT2D eigenvalue weighted by Gasteiger charge is 2.28. The van der Waals surface area contributed by atoms with Crippen molar-refractivity contribution >= 4 is 11.9 Å². The number of methoxy groups -OCH3 is 1. The van der Waals surface area contributed by atoms with Crippen LogP contribution in [-0.2, 0) is 14.3 Å². The fourth-order valence-corrected chi connectivity index (χ4v) is 3.45. The van der Waals surface area contributed by atoms with Gasteiger partial charge < -0.3 is 9.64 Å². The number of hydrogen-bond acceptors (Lipinski definition) is 4. The van der Waals surface area contributed by atoms with Crippen LogP contribution < -0.4 is 0 Å². The van der Waals surface area contributed by atoms with Crippen LogP contribution in [0, 0.1) is 5.92 Å². The summed E-state index contributed by atoms with van der Waals surface area (Å²) in [5.74, 6) is 0.697. The fourth-order valence-electron chi connectivity index (χ4n) is 3.45. The number of carbonyl (C=O) groups is 2. The van der Waals surface area contributed by atoms with Gasteiger partial charge in [-0.15, -0.1) is 0 Å². The van der Waals surface area contributed by atoms with Gasteiger partial charge in [0.1, 0.15) is 6.04 Å². The molecule has 0 bridgehead atoms. The van der Waals surface area contributed by atoms with E-state index in [0.29, 0.717) is 18.2 Å². The van der Waals surface area contributed by atoms with Gasteiger partial charge in [0.05, 0.1) is 7.11 Å². The third-order valence-electron chi connectivity index (χ3n) is 4.95. The summed E-state index contributed by atoms with van der Waals surface area (Å²) in [4.78, 5) is 28.0. The summed E-state index contributed by atoms with van der Waals surface area (Å²) < 4.78 is 4.78. The highest BCUT2D eigenvalue weighted by atomic mass is 16.5. The highest BCUT2D eigenvalue weighted by molar-refractivity contribution is 5.77. The first kappa shape index (κ1) is 16.3. The highest BCUT2D eigenvalue weighted by Crippen LogP contribution is 2.27. The van der Waals surface area contributed by atoms with Crippen molar-refractivity contribution in [3.63, 3.8) is 0 Å². The van der Waals surface area contributed by atoms with Gasteiger partial charge in [-0.1, -0.05) is 19.3 Å². The van der Waals surface area contributed by atoms with E-state index < -0.39 is 0 Å². The number of carbonyl (C=O) groups excluding carboxylic acids is 2. The van der Waals surface area contributed by atoms with Gasteiger partial charge in [-0.2, -0.15) is 0 Å². The largest absolute Gasteiger partial charge is 0.468 e. The van der Waals surface area contributed by atoms with Crippen molar-refractivity contribution in [2.75, 3.05) is 33.3 Å². The molecule has 1 unspecified atom stereocenters. The molecule has 21 heavy (non-hydrogen) atoms. The van der Waals surface area contributed by atoms with Gasteiger partial charge in [-0.3, -0.25) is 14.5 Å². The van der Waals surface area contributed by atoms with E-state index in [0.717, 1.165) is 26.2 Å². The van der Waals surface area contributed by atoms with Crippen molar-refractivity contribution in [3.05, 3.63) is 0 Å². The molecule has 1 aliphatic heterocycles. The molecule has 1 amide bonds. The molecule has 2 fully saturated rings. The van der Waals surface area contributed by atoms with E-state index in [1.165, 1.54) is 39.2 Å². The monoisotopic (exact) mass is 296 g/mol. The van der Waals surface area contributed by atoms with Gasteiger partial charge in [0, 0.05) is 32.6 Å². The molecule has 5 nitrogen and oxygen atoms in total. The van der Waals surface area contributed by atoms with Crippen molar-refractivity contribution in [2.45, 2.75) is 51.5 Å². The maximum Gasteiger partial charge on any atom is 0.322 e. The topological polar surface area (TPSA) is 49.9 Å². The number of piperazine rings is 1. The van der Waals surface area contributed by atoms with Crippen LogP contribution >= 0.6 is 0 Å². The average molecular weight is 296 g/mol. The zero-order chi connectivity index (χ0) is 15.2. The summed E-state index contributed by atoms with van der Waals surface area (Å²) in [5, 5.41) is 0. The molecule has 1 heterocycles. The number of nitrogens with zero attached hydrogens (tertiary/aromatic N) is 2. The minimum Gasteiger partial charge on any atom is -0.468 e. The lowest BCUT2D eigenvalue weighted by Gasteiger charge is -2.37. The Morgan fingerprint density at radius 3 is 2.29 bits per heavy atom. The predicted octanol–water partition coefficient (Wildman–Crippen LogP) is 1.66. The maximum atomic E-state index is 12.3. The van der Waals surface area contributed by atoms with Gasteiger partial charge in [0.15, 0.2) is 0 Å². The second kappa shape index (κ2) is 7.78. The second-order valence-corrected chi connectivity index (χ2v) is 6.32. The van der Waals surface area contributed by atoms with Crippen LogP contribution in [0.2, 0.25) is 0 Å². The number of amides is 1. The molecule has 0 aromatic heterocycles. The third-order valence-corrected chi connectivity index (χ3v) is 4.95. The molecule has 2 aliphatic rings. The maximum absolute atomic E-state index is 12.3. The molecule has 5 heteroatoms. The lowest BCUT2D eigenvalue weighted by Crippen LogP contribution is -2.53. The number of ether oxygens (including phenoxy) is 1. The van der Waals surface area contributed by atoms with Crippen molar-refractivity contribution < 1.29 is 14.3 Å². The van der Waals surface area contributed by atoms with Crippen LogP contribution in [0.5, 0.6) is 0 Å². The van der Waals surface area contributed by atoms with E-state index in [9.17, 15) is 9.59 Å². The molecular formula is C16H28N2O3. The van der Waals surface area contributed by atoms with E-state index in [4.69, 9.17) is 4.74 Å². The summed E-state index contributed by atoms with van der Waals surface area (Å²) in [6.45, 7) is 4.84. The van der Waals surface area contributed by atoms with E-state index in [1.807, 2.05) is 11.8 Å². The van der Waals surface area contributed by atoms with Crippen LogP contribution in [0.1, 0.15) is 45.4 Å². The summed E-state index contributed by atoms with van der Waals surface area (Å²) >= 11 is 0. The van der Waals surface area contributed by atoms with Crippen molar-refractivity contribution in [2.24, 2.45) is 5.92 Å². The predicted molar refractivity (Wildman–Crippen MR) is 80.8 cm³/mol. The first-order valence-corrected chi connectivity index (χ1v) is 8.21. The van der Waals surface area contributed by atoms with E-state index >= 15 is 0 Å². The Morgan fingerprint density at radius 2 is 1.71 bits per heavy atom. The van der Waals surface area contributed by atoms with Crippen LogP contribution in [-0.4, -0.2) is 61.0 Å². The second-order valence-electron chi connectivity index (χ2n) is 6.32. The minimum absolute atomic E-state index is 0.197. The number of hydrogen-bond donors (Lipinski definition) is 0. The van der Waals surface area contributed by atoms with Gasteiger partial charge >= 0.3 is 5.97 Å². The molecule has 1 saturated carbocycles. The lowest BCUT2D eigenvalue weighted by molar-refractivity contribution is -0.147. The van der Waals surface area contributed by atoms with Crippen LogP contribution in [0.25, 0.3) is 0 Å². The molecule has 0 aromatic carbocycles. The Morgan fingerprint density at radius 1 is 1.10 bits per heavy atom. The molecular weight excluding hydrogens is 268 g/mol. The van der Waals surface area contributed by atoms with Gasteiger partial charge in [0.25, 0.3) is 0 Å². The van der Waals surface area contributed by atoms with Crippen molar-refractivity contribution in [3.8, 4) is 0 Å². The molecule has 0 radical (unpaired) electrons.